The summed E-state index contributed by atoms with van der Waals surface area (Å²) < 4.78 is 10.1. The minimum atomic E-state index is -0.571. The van der Waals surface area contributed by atoms with Crippen molar-refractivity contribution in [3.8, 4) is 5.75 Å². The number of esters is 1. The average Bonchev–Trinajstić information content (AvgIpc) is 2.67. The Morgan fingerprint density at radius 3 is 2.65 bits per heavy atom. The second-order valence-electron chi connectivity index (χ2n) is 6.93. The van der Waals surface area contributed by atoms with Gasteiger partial charge in [-0.1, -0.05) is 0 Å². The molecule has 7 heteroatoms. The minimum absolute atomic E-state index is 0.113. The number of methoxy groups -OCH3 is 1. The lowest BCUT2D eigenvalue weighted by molar-refractivity contribution is 0.0224. The number of rotatable bonds is 4. The van der Waals surface area contributed by atoms with Gasteiger partial charge in [0.2, 0.25) is 0 Å². The molecule has 0 saturated carbocycles. The maximum Gasteiger partial charge on any atom is 0.338 e. The molecule has 2 saturated heterocycles. The van der Waals surface area contributed by atoms with E-state index in [2.05, 4.69) is 9.64 Å². The van der Waals surface area contributed by atoms with Gasteiger partial charge in [-0.3, -0.25) is 9.69 Å². The molecule has 3 rings (SSSR count). The zero-order valence-corrected chi connectivity index (χ0v) is 15.1. The number of hydrogen-bond donors (Lipinski definition) is 1. The van der Waals surface area contributed by atoms with E-state index in [4.69, 9.17) is 4.74 Å². The van der Waals surface area contributed by atoms with E-state index in [1.165, 1.54) is 25.3 Å². The van der Waals surface area contributed by atoms with Crippen molar-refractivity contribution >= 4 is 11.9 Å². The van der Waals surface area contributed by atoms with Crippen LogP contribution >= 0.6 is 0 Å². The van der Waals surface area contributed by atoms with E-state index in [1.807, 2.05) is 4.90 Å². The third-order valence-corrected chi connectivity index (χ3v) is 5.01. The summed E-state index contributed by atoms with van der Waals surface area (Å²) >= 11 is 0. The highest BCUT2D eigenvalue weighted by molar-refractivity contribution is 5.98. The van der Waals surface area contributed by atoms with Crippen LogP contribution in [0.25, 0.3) is 0 Å². The molecule has 0 aromatic heterocycles. The summed E-state index contributed by atoms with van der Waals surface area (Å²) in [4.78, 5) is 28.8. The number of benzene rings is 1. The second-order valence-corrected chi connectivity index (χ2v) is 6.93. The predicted molar refractivity (Wildman–Crippen MR) is 95.3 cm³/mol. The summed E-state index contributed by atoms with van der Waals surface area (Å²) in [6.07, 6.45) is 2.07. The molecule has 142 valence electrons. The number of ether oxygens (including phenoxy) is 2. The number of likely N-dealkylation sites (tertiary alicyclic amines) is 1. The van der Waals surface area contributed by atoms with Gasteiger partial charge in [0.05, 0.1) is 25.9 Å². The molecule has 2 aliphatic heterocycles. The maximum atomic E-state index is 12.9. The number of aromatic hydroxyl groups is 1. The van der Waals surface area contributed by atoms with E-state index in [1.54, 1.807) is 0 Å². The van der Waals surface area contributed by atoms with Gasteiger partial charge in [0.1, 0.15) is 5.75 Å². The molecule has 1 amide bonds. The van der Waals surface area contributed by atoms with Crippen LogP contribution in [0.1, 0.15) is 33.6 Å². The molecule has 2 fully saturated rings. The molecule has 1 aromatic carbocycles. The fourth-order valence-corrected chi connectivity index (χ4v) is 3.70. The molecule has 1 aromatic rings. The topological polar surface area (TPSA) is 79.3 Å². The first-order valence-corrected chi connectivity index (χ1v) is 9.08. The third kappa shape index (κ3) is 4.53. The number of hydrogen-bond acceptors (Lipinski definition) is 6. The fraction of sp³-hybridized carbons (Fsp3) is 0.579. The van der Waals surface area contributed by atoms with Crippen LogP contribution in [0.15, 0.2) is 18.2 Å². The SMILES string of the molecule is COC(=O)c1cc(O)cc(C(=O)N2CCC[C@H](CN3CCOCC3)C2)c1. The van der Waals surface area contributed by atoms with Crippen molar-refractivity contribution in [2.75, 3.05) is 53.0 Å². The monoisotopic (exact) mass is 362 g/mol. The summed E-state index contributed by atoms with van der Waals surface area (Å²) in [5.41, 5.74) is 0.496. The van der Waals surface area contributed by atoms with E-state index >= 15 is 0 Å². The van der Waals surface area contributed by atoms with E-state index < -0.39 is 5.97 Å². The molecule has 1 N–H and O–H groups in total. The van der Waals surface area contributed by atoms with Gasteiger partial charge in [0.25, 0.3) is 5.91 Å². The largest absolute Gasteiger partial charge is 0.508 e. The molecular formula is C19H26N2O5. The Balaban J connectivity index is 1.67. The molecule has 2 aliphatic rings. The van der Waals surface area contributed by atoms with Gasteiger partial charge in [-0.05, 0) is 37.0 Å². The number of piperidine rings is 1. The van der Waals surface area contributed by atoms with E-state index in [0.717, 1.165) is 45.7 Å². The molecular weight excluding hydrogens is 336 g/mol. The Morgan fingerprint density at radius 1 is 1.19 bits per heavy atom. The molecule has 7 nitrogen and oxygen atoms in total. The van der Waals surface area contributed by atoms with E-state index in [0.29, 0.717) is 24.6 Å². The quantitative estimate of drug-likeness (QED) is 0.815. The molecule has 2 heterocycles. The summed E-state index contributed by atoms with van der Waals surface area (Å²) in [6.45, 7) is 5.80. The van der Waals surface area contributed by atoms with Crippen LogP contribution in [0.5, 0.6) is 5.75 Å². The normalized spacial score (nSPS) is 21.4. The van der Waals surface area contributed by atoms with Gasteiger partial charge in [0, 0.05) is 38.3 Å². The van der Waals surface area contributed by atoms with Gasteiger partial charge in [0.15, 0.2) is 0 Å². The molecule has 0 aliphatic carbocycles. The summed E-state index contributed by atoms with van der Waals surface area (Å²) in [5, 5.41) is 9.86. The van der Waals surface area contributed by atoms with Crippen LogP contribution in [-0.4, -0.2) is 79.8 Å². The number of morpholine rings is 1. The van der Waals surface area contributed by atoms with E-state index in [9.17, 15) is 14.7 Å². The summed E-state index contributed by atoms with van der Waals surface area (Å²) in [6, 6.07) is 4.19. The average molecular weight is 362 g/mol. The lowest BCUT2D eigenvalue weighted by atomic mass is 9.96. The zero-order valence-electron chi connectivity index (χ0n) is 15.1. The van der Waals surface area contributed by atoms with Crippen molar-refractivity contribution in [1.82, 2.24) is 9.80 Å². The van der Waals surface area contributed by atoms with Crippen LogP contribution in [0.2, 0.25) is 0 Å². The number of phenolic OH excluding ortho intramolecular Hbond substituents is 1. The van der Waals surface area contributed by atoms with Crippen LogP contribution < -0.4 is 0 Å². The molecule has 0 bridgehead atoms. The number of amides is 1. The first-order chi connectivity index (χ1) is 12.6. The smallest absolute Gasteiger partial charge is 0.338 e. The fourth-order valence-electron chi connectivity index (χ4n) is 3.70. The molecule has 26 heavy (non-hydrogen) atoms. The zero-order chi connectivity index (χ0) is 18.5. The first kappa shape index (κ1) is 18.7. The third-order valence-electron chi connectivity index (χ3n) is 5.01. The van der Waals surface area contributed by atoms with Gasteiger partial charge in [-0.2, -0.15) is 0 Å². The highest BCUT2D eigenvalue weighted by Gasteiger charge is 2.27. The Bertz CT molecular complexity index is 657. The Kier molecular flexibility index (Phi) is 6.11. The Labute approximate surface area is 153 Å². The van der Waals surface area contributed by atoms with Crippen molar-refractivity contribution in [2.45, 2.75) is 12.8 Å². The Hall–Kier alpha value is -2.12. The second kappa shape index (κ2) is 8.51. The molecule has 0 unspecified atom stereocenters. The summed E-state index contributed by atoms with van der Waals surface area (Å²) in [5.74, 6) is -0.405. The van der Waals surface area contributed by atoms with Crippen LogP contribution in [0, 0.1) is 5.92 Å². The first-order valence-electron chi connectivity index (χ1n) is 9.08. The number of nitrogens with zero attached hydrogens (tertiary/aromatic N) is 2. The highest BCUT2D eigenvalue weighted by Crippen LogP contribution is 2.23. The van der Waals surface area contributed by atoms with Crippen LogP contribution in [0.4, 0.5) is 0 Å². The van der Waals surface area contributed by atoms with Crippen molar-refractivity contribution in [3.05, 3.63) is 29.3 Å². The van der Waals surface area contributed by atoms with Gasteiger partial charge < -0.3 is 19.5 Å². The highest BCUT2D eigenvalue weighted by atomic mass is 16.5. The number of phenols is 1. The van der Waals surface area contributed by atoms with Crippen molar-refractivity contribution < 1.29 is 24.2 Å². The van der Waals surface area contributed by atoms with Gasteiger partial charge in [-0.25, -0.2) is 4.79 Å². The number of carbonyl (C=O) groups excluding carboxylic acids is 2. The molecule has 0 radical (unpaired) electrons. The maximum absolute atomic E-state index is 12.9. The lowest BCUT2D eigenvalue weighted by Gasteiger charge is -2.36. The Morgan fingerprint density at radius 2 is 1.92 bits per heavy atom. The van der Waals surface area contributed by atoms with Gasteiger partial charge >= 0.3 is 5.97 Å². The van der Waals surface area contributed by atoms with Crippen molar-refractivity contribution in [2.24, 2.45) is 5.92 Å². The predicted octanol–water partition coefficient (Wildman–Crippen LogP) is 1.36. The number of carbonyl (C=O) groups is 2. The molecule has 1 atom stereocenters. The molecule has 0 spiro atoms. The van der Waals surface area contributed by atoms with Gasteiger partial charge in [-0.15, -0.1) is 0 Å². The standard InChI is InChI=1S/C19H26N2O5/c1-25-19(24)16-9-15(10-17(22)11-16)18(23)21-4-2-3-14(13-21)12-20-5-7-26-8-6-20/h9-11,14,22H,2-8,12-13H2,1H3/t14-/m1/s1. The van der Waals surface area contributed by atoms with Crippen molar-refractivity contribution in [3.63, 3.8) is 0 Å². The van der Waals surface area contributed by atoms with E-state index in [-0.39, 0.29) is 17.2 Å². The summed E-state index contributed by atoms with van der Waals surface area (Å²) in [7, 11) is 1.27. The minimum Gasteiger partial charge on any atom is -0.508 e. The van der Waals surface area contributed by atoms with Crippen LogP contribution in [0.3, 0.4) is 0 Å². The van der Waals surface area contributed by atoms with Crippen molar-refractivity contribution in [1.29, 1.82) is 0 Å². The lowest BCUT2D eigenvalue weighted by Crippen LogP contribution is -2.46. The van der Waals surface area contributed by atoms with Crippen LogP contribution in [-0.2, 0) is 9.47 Å².